The van der Waals surface area contributed by atoms with Crippen molar-refractivity contribution in [2.24, 2.45) is 5.92 Å². The van der Waals surface area contributed by atoms with E-state index in [4.69, 9.17) is 5.11 Å². The molecule has 1 heteroatoms. The van der Waals surface area contributed by atoms with Gasteiger partial charge in [-0.2, -0.15) is 0 Å². The Kier molecular flexibility index (Phi) is 5.31. The molecule has 0 aliphatic rings. The van der Waals surface area contributed by atoms with Crippen molar-refractivity contribution in [3.8, 4) is 0 Å². The highest BCUT2D eigenvalue weighted by atomic mass is 16.2. The van der Waals surface area contributed by atoms with E-state index < -0.39 is 0 Å². The second-order valence-corrected chi connectivity index (χ2v) is 4.00. The van der Waals surface area contributed by atoms with Crippen molar-refractivity contribution in [2.75, 3.05) is 6.61 Å². The summed E-state index contributed by atoms with van der Waals surface area (Å²) in [6, 6.07) is 10.6. The number of hydrogen-bond donors (Lipinski definition) is 1. The van der Waals surface area contributed by atoms with Crippen molar-refractivity contribution in [2.45, 2.75) is 32.6 Å². The van der Waals surface area contributed by atoms with Gasteiger partial charge in [-0.1, -0.05) is 37.3 Å². The molecule has 1 N–H and O–H groups in total. The molecular weight excluding hydrogens is 172 g/mol. The molecule has 1 atom stereocenters. The van der Waals surface area contributed by atoms with Crippen LogP contribution in [0.3, 0.4) is 0 Å². The summed E-state index contributed by atoms with van der Waals surface area (Å²) in [6.07, 6.45) is 4.47. The van der Waals surface area contributed by atoms with Crippen LogP contribution in [-0.4, -0.2) is 11.7 Å². The third-order valence-electron chi connectivity index (χ3n) is 2.62. The van der Waals surface area contributed by atoms with E-state index in [-0.39, 0.29) is 0 Å². The lowest BCUT2D eigenvalue weighted by Gasteiger charge is -2.09. The molecule has 0 fully saturated rings. The van der Waals surface area contributed by atoms with Crippen molar-refractivity contribution in [3.05, 3.63) is 35.9 Å². The lowest BCUT2D eigenvalue weighted by molar-refractivity contribution is 0.272. The summed E-state index contributed by atoms with van der Waals surface area (Å²) in [5.74, 6) is 0.724. The largest absolute Gasteiger partial charge is 0.396 e. The van der Waals surface area contributed by atoms with E-state index in [1.165, 1.54) is 12.0 Å². The summed E-state index contributed by atoms with van der Waals surface area (Å²) in [4.78, 5) is 0. The molecule has 0 aliphatic heterocycles. The Labute approximate surface area is 86.8 Å². The zero-order chi connectivity index (χ0) is 10.2. The maximum absolute atomic E-state index is 8.70. The predicted octanol–water partition coefficient (Wildman–Crippen LogP) is 3.03. The SMILES string of the molecule is C[C@H](CCCO)CCc1ccccc1. The molecule has 1 nitrogen and oxygen atoms in total. The first-order chi connectivity index (χ1) is 6.83. The first-order valence-corrected chi connectivity index (χ1v) is 5.47. The molecule has 0 saturated heterocycles. The van der Waals surface area contributed by atoms with Crippen molar-refractivity contribution >= 4 is 0 Å². The van der Waals surface area contributed by atoms with E-state index in [1.54, 1.807) is 0 Å². The van der Waals surface area contributed by atoms with E-state index in [0.717, 1.165) is 25.2 Å². The Morgan fingerprint density at radius 2 is 1.86 bits per heavy atom. The van der Waals surface area contributed by atoms with Crippen molar-refractivity contribution in [1.29, 1.82) is 0 Å². The molecule has 1 aromatic rings. The van der Waals surface area contributed by atoms with Gasteiger partial charge in [0.05, 0.1) is 0 Å². The first-order valence-electron chi connectivity index (χ1n) is 5.47. The molecule has 14 heavy (non-hydrogen) atoms. The maximum atomic E-state index is 8.70. The average Bonchev–Trinajstić information content (AvgIpc) is 2.25. The number of benzene rings is 1. The Bertz CT molecular complexity index is 230. The number of aryl methyl sites for hydroxylation is 1. The van der Waals surface area contributed by atoms with Gasteiger partial charge in [-0.05, 0) is 37.2 Å². The van der Waals surface area contributed by atoms with Crippen LogP contribution < -0.4 is 0 Å². The minimum absolute atomic E-state index is 0.329. The molecule has 0 spiro atoms. The minimum Gasteiger partial charge on any atom is -0.396 e. The van der Waals surface area contributed by atoms with Gasteiger partial charge < -0.3 is 5.11 Å². The van der Waals surface area contributed by atoms with Gasteiger partial charge >= 0.3 is 0 Å². The summed E-state index contributed by atoms with van der Waals surface area (Å²) >= 11 is 0. The summed E-state index contributed by atoms with van der Waals surface area (Å²) in [6.45, 7) is 2.59. The average molecular weight is 192 g/mol. The Morgan fingerprint density at radius 3 is 2.50 bits per heavy atom. The number of rotatable bonds is 6. The van der Waals surface area contributed by atoms with Gasteiger partial charge in [0.25, 0.3) is 0 Å². The highest BCUT2D eigenvalue weighted by molar-refractivity contribution is 5.14. The van der Waals surface area contributed by atoms with Crippen LogP contribution in [-0.2, 0) is 6.42 Å². The fourth-order valence-electron chi connectivity index (χ4n) is 1.64. The van der Waals surface area contributed by atoms with Gasteiger partial charge in [0, 0.05) is 6.61 Å². The number of aliphatic hydroxyl groups excluding tert-OH is 1. The van der Waals surface area contributed by atoms with Crippen LogP contribution >= 0.6 is 0 Å². The fourth-order valence-corrected chi connectivity index (χ4v) is 1.64. The van der Waals surface area contributed by atoms with Crippen LogP contribution in [0.25, 0.3) is 0 Å². The van der Waals surface area contributed by atoms with Gasteiger partial charge in [-0.15, -0.1) is 0 Å². The zero-order valence-corrected chi connectivity index (χ0v) is 8.95. The quantitative estimate of drug-likeness (QED) is 0.734. The molecule has 0 amide bonds. The van der Waals surface area contributed by atoms with Crippen molar-refractivity contribution in [3.63, 3.8) is 0 Å². The third-order valence-corrected chi connectivity index (χ3v) is 2.62. The van der Waals surface area contributed by atoms with Crippen LogP contribution in [0.5, 0.6) is 0 Å². The maximum Gasteiger partial charge on any atom is 0.0431 e. The Hall–Kier alpha value is -0.820. The monoisotopic (exact) mass is 192 g/mol. The molecule has 78 valence electrons. The van der Waals surface area contributed by atoms with Gasteiger partial charge in [-0.25, -0.2) is 0 Å². The lowest BCUT2D eigenvalue weighted by Crippen LogP contribution is -1.98. The molecule has 1 aromatic carbocycles. The highest BCUT2D eigenvalue weighted by Gasteiger charge is 2.01. The molecule has 0 radical (unpaired) electrons. The third kappa shape index (κ3) is 4.43. The molecular formula is C13H20O. The molecule has 0 unspecified atom stereocenters. The van der Waals surface area contributed by atoms with Crippen molar-refractivity contribution < 1.29 is 5.11 Å². The Morgan fingerprint density at radius 1 is 1.14 bits per heavy atom. The van der Waals surface area contributed by atoms with Gasteiger partial charge in [0.2, 0.25) is 0 Å². The minimum atomic E-state index is 0.329. The highest BCUT2D eigenvalue weighted by Crippen LogP contribution is 2.13. The number of hydrogen-bond acceptors (Lipinski definition) is 1. The number of aliphatic hydroxyl groups is 1. The second kappa shape index (κ2) is 6.61. The van der Waals surface area contributed by atoms with Crippen LogP contribution in [0, 0.1) is 5.92 Å². The predicted molar refractivity (Wildman–Crippen MR) is 60.2 cm³/mol. The van der Waals surface area contributed by atoms with Crippen LogP contribution in [0.1, 0.15) is 31.7 Å². The molecule has 0 aromatic heterocycles. The normalized spacial score (nSPS) is 12.7. The summed E-state index contributed by atoms with van der Waals surface area (Å²) < 4.78 is 0. The summed E-state index contributed by atoms with van der Waals surface area (Å²) in [5, 5.41) is 8.70. The summed E-state index contributed by atoms with van der Waals surface area (Å²) in [5.41, 5.74) is 1.42. The molecule has 1 rings (SSSR count). The van der Waals surface area contributed by atoms with Crippen molar-refractivity contribution in [1.82, 2.24) is 0 Å². The zero-order valence-electron chi connectivity index (χ0n) is 8.95. The fraction of sp³-hybridized carbons (Fsp3) is 0.538. The van der Waals surface area contributed by atoms with E-state index in [2.05, 4.69) is 37.3 Å². The van der Waals surface area contributed by atoms with Crippen LogP contribution in [0.4, 0.5) is 0 Å². The van der Waals surface area contributed by atoms with Gasteiger partial charge in [0.15, 0.2) is 0 Å². The van der Waals surface area contributed by atoms with Crippen LogP contribution in [0.2, 0.25) is 0 Å². The van der Waals surface area contributed by atoms with Crippen LogP contribution in [0.15, 0.2) is 30.3 Å². The second-order valence-electron chi connectivity index (χ2n) is 4.00. The molecule has 0 saturated carbocycles. The standard InChI is InChI=1S/C13H20O/c1-12(6-5-11-14)9-10-13-7-3-2-4-8-13/h2-4,7-8,12,14H,5-6,9-11H2,1H3/t12-/m1/s1. The van der Waals surface area contributed by atoms with E-state index >= 15 is 0 Å². The Balaban J connectivity index is 2.20. The molecule has 0 heterocycles. The lowest BCUT2D eigenvalue weighted by atomic mass is 9.97. The topological polar surface area (TPSA) is 20.2 Å². The molecule has 0 bridgehead atoms. The molecule has 0 aliphatic carbocycles. The summed E-state index contributed by atoms with van der Waals surface area (Å²) in [7, 11) is 0. The van der Waals surface area contributed by atoms with E-state index in [9.17, 15) is 0 Å². The van der Waals surface area contributed by atoms with E-state index in [1.807, 2.05) is 0 Å². The van der Waals surface area contributed by atoms with E-state index in [0.29, 0.717) is 6.61 Å². The van der Waals surface area contributed by atoms with Gasteiger partial charge in [-0.3, -0.25) is 0 Å². The first kappa shape index (κ1) is 11.3. The smallest absolute Gasteiger partial charge is 0.0431 e. The van der Waals surface area contributed by atoms with Gasteiger partial charge in [0.1, 0.15) is 0 Å².